The molecule has 1 aliphatic rings. The Kier molecular flexibility index (Phi) is 2.90. The van der Waals surface area contributed by atoms with Crippen molar-refractivity contribution in [2.24, 2.45) is 16.7 Å². The number of anilines is 1. The zero-order chi connectivity index (χ0) is 15.3. The molecule has 0 aliphatic heterocycles. The fraction of sp³-hybridized carbons (Fsp3) is 0.438. The lowest BCUT2D eigenvalue weighted by Crippen LogP contribution is -2.18. The number of hydrogen-bond donors (Lipinski definition) is 1. The van der Waals surface area contributed by atoms with Crippen LogP contribution < -0.4 is 5.32 Å². The predicted octanol–water partition coefficient (Wildman–Crippen LogP) is 3.36. The molecule has 0 aromatic carbocycles. The van der Waals surface area contributed by atoms with Crippen LogP contribution in [0.2, 0.25) is 0 Å². The number of hydrogen-bond acceptors (Lipinski definition) is 4. The number of oxazole rings is 1. The van der Waals surface area contributed by atoms with Gasteiger partial charge in [0.05, 0.1) is 11.8 Å². The predicted molar refractivity (Wildman–Crippen MR) is 79.4 cm³/mol. The maximum Gasteiger partial charge on any atom is 0.229 e. The minimum Gasteiger partial charge on any atom is -0.444 e. The highest BCUT2D eigenvalue weighted by Crippen LogP contribution is 2.68. The number of carbonyl (C=O) groups is 1. The highest BCUT2D eigenvalue weighted by Gasteiger charge is 2.68. The molecule has 0 saturated heterocycles. The molecule has 0 spiro atoms. The number of aromatic nitrogens is 2. The maximum atomic E-state index is 12.3. The lowest BCUT2D eigenvalue weighted by Gasteiger charge is -2.06. The fourth-order valence-corrected chi connectivity index (χ4v) is 3.01. The van der Waals surface area contributed by atoms with Gasteiger partial charge in [-0.3, -0.25) is 4.79 Å². The van der Waals surface area contributed by atoms with Gasteiger partial charge in [-0.2, -0.15) is 0 Å². The molecule has 0 radical (unpaired) electrons. The Morgan fingerprint density at radius 2 is 1.90 bits per heavy atom. The van der Waals surface area contributed by atoms with Crippen LogP contribution in [0, 0.1) is 16.7 Å². The highest BCUT2D eigenvalue weighted by molar-refractivity contribution is 5.95. The van der Waals surface area contributed by atoms with Crippen molar-refractivity contribution in [1.82, 2.24) is 9.97 Å². The molecule has 0 atom stereocenters. The van der Waals surface area contributed by atoms with Gasteiger partial charge in [0.2, 0.25) is 11.8 Å². The largest absolute Gasteiger partial charge is 0.444 e. The Morgan fingerprint density at radius 1 is 1.19 bits per heavy atom. The molecule has 0 unspecified atom stereocenters. The third-order valence-electron chi connectivity index (χ3n) is 4.98. The van der Waals surface area contributed by atoms with Gasteiger partial charge in [0.25, 0.3) is 0 Å². The number of pyridine rings is 1. The fourth-order valence-electron chi connectivity index (χ4n) is 3.01. The molecular weight excluding hydrogens is 266 g/mol. The summed E-state index contributed by atoms with van der Waals surface area (Å²) in [6.07, 6.45) is 4.75. The summed E-state index contributed by atoms with van der Waals surface area (Å²) >= 11 is 0. The van der Waals surface area contributed by atoms with Crippen LogP contribution in [0.5, 0.6) is 0 Å². The number of amides is 1. The monoisotopic (exact) mass is 285 g/mol. The van der Waals surface area contributed by atoms with Gasteiger partial charge in [0.15, 0.2) is 0 Å². The van der Waals surface area contributed by atoms with Crippen LogP contribution in [0.25, 0.3) is 11.5 Å². The van der Waals surface area contributed by atoms with Crippen LogP contribution in [0.1, 0.15) is 27.7 Å². The summed E-state index contributed by atoms with van der Waals surface area (Å²) in [6.45, 7) is 8.49. The first kappa shape index (κ1) is 13.8. The molecule has 0 bridgehead atoms. The van der Waals surface area contributed by atoms with Gasteiger partial charge in [-0.05, 0) is 23.0 Å². The highest BCUT2D eigenvalue weighted by atomic mass is 16.3. The van der Waals surface area contributed by atoms with E-state index >= 15 is 0 Å². The number of rotatable bonds is 3. The summed E-state index contributed by atoms with van der Waals surface area (Å²) < 4.78 is 5.20. The Balaban J connectivity index is 1.71. The van der Waals surface area contributed by atoms with Crippen LogP contribution in [-0.4, -0.2) is 15.9 Å². The molecule has 2 aromatic rings. The number of nitrogens with zero attached hydrogens (tertiary/aromatic N) is 2. The standard InChI is InChI=1S/C16H19N3O2/c1-15(2)12(16(15,3)4)13(20)19-11-6-5-10(9-18-11)14-17-7-8-21-14/h5-9,12H,1-4H3,(H,18,19,20). The smallest absolute Gasteiger partial charge is 0.229 e. The van der Waals surface area contributed by atoms with E-state index in [0.717, 1.165) is 5.56 Å². The van der Waals surface area contributed by atoms with E-state index in [1.54, 1.807) is 18.5 Å². The van der Waals surface area contributed by atoms with Crippen LogP contribution in [0.15, 0.2) is 35.2 Å². The van der Waals surface area contributed by atoms with Crippen molar-refractivity contribution in [1.29, 1.82) is 0 Å². The molecule has 2 aromatic heterocycles. The van der Waals surface area contributed by atoms with E-state index in [-0.39, 0.29) is 22.7 Å². The third kappa shape index (κ3) is 2.13. The van der Waals surface area contributed by atoms with Gasteiger partial charge in [0.1, 0.15) is 12.1 Å². The van der Waals surface area contributed by atoms with Crippen molar-refractivity contribution in [2.45, 2.75) is 27.7 Å². The first-order valence-corrected chi connectivity index (χ1v) is 7.01. The first-order valence-electron chi connectivity index (χ1n) is 7.01. The summed E-state index contributed by atoms with van der Waals surface area (Å²) in [4.78, 5) is 20.6. The zero-order valence-electron chi connectivity index (χ0n) is 12.7. The quantitative estimate of drug-likeness (QED) is 0.939. The van der Waals surface area contributed by atoms with Gasteiger partial charge >= 0.3 is 0 Å². The molecule has 3 rings (SSSR count). The Morgan fingerprint density at radius 3 is 2.38 bits per heavy atom. The van der Waals surface area contributed by atoms with Crippen molar-refractivity contribution in [2.75, 3.05) is 5.32 Å². The van der Waals surface area contributed by atoms with Crippen molar-refractivity contribution < 1.29 is 9.21 Å². The molecule has 1 amide bonds. The molecule has 1 aliphatic carbocycles. The lowest BCUT2D eigenvalue weighted by molar-refractivity contribution is -0.118. The van der Waals surface area contributed by atoms with E-state index < -0.39 is 0 Å². The maximum absolute atomic E-state index is 12.3. The van der Waals surface area contributed by atoms with E-state index in [1.165, 1.54) is 6.26 Å². The average Bonchev–Trinajstić information content (AvgIpc) is 2.80. The first-order chi connectivity index (χ1) is 9.84. The summed E-state index contributed by atoms with van der Waals surface area (Å²) in [5.74, 6) is 1.11. The van der Waals surface area contributed by atoms with Crippen LogP contribution in [0.3, 0.4) is 0 Å². The van der Waals surface area contributed by atoms with Gasteiger partial charge in [-0.15, -0.1) is 0 Å². The van der Waals surface area contributed by atoms with E-state index in [1.807, 2.05) is 6.07 Å². The number of carbonyl (C=O) groups excluding carboxylic acids is 1. The summed E-state index contributed by atoms with van der Waals surface area (Å²) in [6, 6.07) is 3.59. The van der Waals surface area contributed by atoms with Crippen LogP contribution >= 0.6 is 0 Å². The van der Waals surface area contributed by atoms with Gasteiger partial charge in [0, 0.05) is 12.1 Å². The van der Waals surface area contributed by atoms with Crippen LogP contribution in [-0.2, 0) is 4.79 Å². The molecule has 5 heteroatoms. The SMILES string of the molecule is CC1(C)C(C(=O)Nc2ccc(-c3ncco3)cn2)C1(C)C. The zero-order valence-corrected chi connectivity index (χ0v) is 12.7. The van der Waals surface area contributed by atoms with E-state index in [4.69, 9.17) is 4.42 Å². The molecule has 1 saturated carbocycles. The molecule has 5 nitrogen and oxygen atoms in total. The van der Waals surface area contributed by atoms with Crippen LogP contribution in [0.4, 0.5) is 5.82 Å². The molecule has 21 heavy (non-hydrogen) atoms. The normalized spacial score (nSPS) is 19.2. The van der Waals surface area contributed by atoms with Crippen molar-refractivity contribution in [3.05, 3.63) is 30.8 Å². The Hall–Kier alpha value is -2.17. The van der Waals surface area contributed by atoms with E-state index in [0.29, 0.717) is 11.7 Å². The third-order valence-corrected chi connectivity index (χ3v) is 4.98. The Labute approximate surface area is 123 Å². The second-order valence-electron chi connectivity index (χ2n) is 6.64. The second-order valence-corrected chi connectivity index (χ2v) is 6.64. The summed E-state index contributed by atoms with van der Waals surface area (Å²) in [5.41, 5.74) is 0.828. The minimum atomic E-state index is 0.0122. The molecule has 2 heterocycles. The van der Waals surface area contributed by atoms with Crippen molar-refractivity contribution >= 4 is 11.7 Å². The van der Waals surface area contributed by atoms with E-state index in [2.05, 4.69) is 43.0 Å². The molecule has 1 fully saturated rings. The summed E-state index contributed by atoms with van der Waals surface area (Å²) in [5, 5.41) is 2.89. The molecule has 1 N–H and O–H groups in total. The Bertz CT molecular complexity index is 643. The topological polar surface area (TPSA) is 68.0 Å². The van der Waals surface area contributed by atoms with Gasteiger partial charge in [-0.1, -0.05) is 27.7 Å². The minimum absolute atomic E-state index is 0.0122. The van der Waals surface area contributed by atoms with Gasteiger partial charge < -0.3 is 9.73 Å². The lowest BCUT2D eigenvalue weighted by atomic mass is 10.0. The van der Waals surface area contributed by atoms with Crippen molar-refractivity contribution in [3.8, 4) is 11.5 Å². The number of nitrogens with one attached hydrogen (secondary N) is 1. The molecular formula is C16H19N3O2. The van der Waals surface area contributed by atoms with Crippen molar-refractivity contribution in [3.63, 3.8) is 0 Å². The summed E-state index contributed by atoms with van der Waals surface area (Å²) in [7, 11) is 0. The van der Waals surface area contributed by atoms with E-state index in [9.17, 15) is 4.79 Å². The average molecular weight is 285 g/mol. The van der Waals surface area contributed by atoms with Gasteiger partial charge in [-0.25, -0.2) is 9.97 Å². The second kappa shape index (κ2) is 4.41. The molecule has 110 valence electrons.